The molecule has 0 aliphatic carbocycles. The van der Waals surface area contributed by atoms with Crippen LogP contribution in [-0.4, -0.2) is 48.4 Å². The van der Waals surface area contributed by atoms with Crippen molar-refractivity contribution in [2.24, 2.45) is 0 Å². The van der Waals surface area contributed by atoms with Gasteiger partial charge in [0.15, 0.2) is 11.5 Å². The molecule has 0 saturated carbocycles. The van der Waals surface area contributed by atoms with Crippen molar-refractivity contribution < 1.29 is 32.8 Å². The highest BCUT2D eigenvalue weighted by molar-refractivity contribution is 5.97. The van der Waals surface area contributed by atoms with Crippen LogP contribution in [0, 0.1) is 10.1 Å². The van der Waals surface area contributed by atoms with Crippen LogP contribution in [0.25, 0.3) is 0 Å². The summed E-state index contributed by atoms with van der Waals surface area (Å²) in [4.78, 5) is 36.4. The third-order valence-electron chi connectivity index (χ3n) is 4.28. The second kappa shape index (κ2) is 10.3. The summed E-state index contributed by atoms with van der Waals surface area (Å²) in [6, 6.07) is 8.55. The number of methoxy groups -OCH3 is 1. The summed E-state index contributed by atoms with van der Waals surface area (Å²) in [7, 11) is 2.80. The van der Waals surface area contributed by atoms with Crippen LogP contribution < -0.4 is 14.8 Å². The van der Waals surface area contributed by atoms with Crippen LogP contribution in [-0.2, 0) is 11.3 Å². The van der Waals surface area contributed by atoms with Gasteiger partial charge in [-0.25, -0.2) is 0 Å². The topological polar surface area (TPSA) is 111 Å². The molecular weight excluding hydrogens is 416 g/mol. The smallest absolute Gasteiger partial charge is 0.387 e. The number of hydrogen-bond donors (Lipinski definition) is 1. The standard InChI is InChI=1S/C20H21F2N3O6/c1-12(23-18(26)14-5-4-6-15(10-14)25(28)29)19(27)24(2)11-13-7-8-16(30-3)17(9-13)31-20(21)22/h4-10,12,20H,11H2,1-3H3,(H,23,26). The van der Waals surface area contributed by atoms with E-state index in [4.69, 9.17) is 4.74 Å². The fourth-order valence-electron chi connectivity index (χ4n) is 2.79. The average molecular weight is 437 g/mol. The van der Waals surface area contributed by atoms with Crippen molar-refractivity contribution in [1.82, 2.24) is 10.2 Å². The van der Waals surface area contributed by atoms with Gasteiger partial charge < -0.3 is 19.7 Å². The number of non-ortho nitro benzene ring substituents is 1. The lowest BCUT2D eigenvalue weighted by Gasteiger charge is -2.22. The normalized spacial score (nSPS) is 11.5. The van der Waals surface area contributed by atoms with Crippen LogP contribution >= 0.6 is 0 Å². The number of benzene rings is 2. The van der Waals surface area contributed by atoms with E-state index in [1.807, 2.05) is 0 Å². The van der Waals surface area contributed by atoms with Gasteiger partial charge in [-0.3, -0.25) is 19.7 Å². The van der Waals surface area contributed by atoms with Crippen molar-refractivity contribution >= 4 is 17.5 Å². The van der Waals surface area contributed by atoms with E-state index in [9.17, 15) is 28.5 Å². The molecule has 1 unspecified atom stereocenters. The molecule has 2 aromatic carbocycles. The Bertz CT molecular complexity index is 970. The SMILES string of the molecule is COc1ccc(CN(C)C(=O)C(C)NC(=O)c2cccc([N+](=O)[O-])c2)cc1OC(F)F. The zero-order chi connectivity index (χ0) is 23.1. The van der Waals surface area contributed by atoms with Gasteiger partial charge in [0.1, 0.15) is 6.04 Å². The van der Waals surface area contributed by atoms with Crippen molar-refractivity contribution in [2.75, 3.05) is 14.2 Å². The Morgan fingerprint density at radius 1 is 1.19 bits per heavy atom. The molecule has 0 heterocycles. The largest absolute Gasteiger partial charge is 0.493 e. The Hall–Kier alpha value is -3.76. The number of hydrogen-bond acceptors (Lipinski definition) is 6. The quantitative estimate of drug-likeness (QED) is 0.477. The first kappa shape index (κ1) is 23.5. The summed E-state index contributed by atoms with van der Waals surface area (Å²) >= 11 is 0. The number of amides is 2. The Morgan fingerprint density at radius 3 is 2.52 bits per heavy atom. The monoisotopic (exact) mass is 437 g/mol. The van der Waals surface area contributed by atoms with Crippen LogP contribution in [0.15, 0.2) is 42.5 Å². The molecule has 166 valence electrons. The van der Waals surface area contributed by atoms with E-state index in [1.54, 1.807) is 6.07 Å². The first-order valence-electron chi connectivity index (χ1n) is 9.04. The summed E-state index contributed by atoms with van der Waals surface area (Å²) in [6.07, 6.45) is 0. The van der Waals surface area contributed by atoms with Gasteiger partial charge in [0.25, 0.3) is 11.6 Å². The van der Waals surface area contributed by atoms with Crippen LogP contribution in [0.3, 0.4) is 0 Å². The number of carbonyl (C=O) groups excluding carboxylic acids is 2. The van der Waals surface area contributed by atoms with Gasteiger partial charge in [0.05, 0.1) is 12.0 Å². The van der Waals surface area contributed by atoms with Gasteiger partial charge in [0.2, 0.25) is 5.91 Å². The Kier molecular flexibility index (Phi) is 7.83. The predicted molar refractivity (Wildman–Crippen MR) is 106 cm³/mol. The fourth-order valence-corrected chi connectivity index (χ4v) is 2.79. The van der Waals surface area contributed by atoms with Crippen molar-refractivity contribution in [3.63, 3.8) is 0 Å². The molecule has 0 radical (unpaired) electrons. The van der Waals surface area contributed by atoms with E-state index in [2.05, 4.69) is 10.1 Å². The zero-order valence-electron chi connectivity index (χ0n) is 17.0. The molecule has 0 aliphatic rings. The first-order chi connectivity index (χ1) is 14.6. The van der Waals surface area contributed by atoms with E-state index in [0.29, 0.717) is 5.56 Å². The number of nitro groups is 1. The van der Waals surface area contributed by atoms with E-state index >= 15 is 0 Å². The lowest BCUT2D eigenvalue weighted by atomic mass is 10.1. The molecule has 9 nitrogen and oxygen atoms in total. The third-order valence-corrected chi connectivity index (χ3v) is 4.28. The second-order valence-corrected chi connectivity index (χ2v) is 6.56. The minimum absolute atomic E-state index is 0.0421. The maximum absolute atomic E-state index is 12.6. The highest BCUT2D eigenvalue weighted by Crippen LogP contribution is 2.30. The van der Waals surface area contributed by atoms with Crippen molar-refractivity contribution in [2.45, 2.75) is 26.1 Å². The molecule has 11 heteroatoms. The number of rotatable bonds is 9. The van der Waals surface area contributed by atoms with E-state index in [1.165, 1.54) is 56.3 Å². The van der Waals surface area contributed by atoms with Crippen LogP contribution in [0.5, 0.6) is 11.5 Å². The third kappa shape index (κ3) is 6.36. The lowest BCUT2D eigenvalue weighted by Crippen LogP contribution is -2.45. The van der Waals surface area contributed by atoms with Gasteiger partial charge in [-0.2, -0.15) is 8.78 Å². The molecule has 0 bridgehead atoms. The maximum Gasteiger partial charge on any atom is 0.387 e. The highest BCUT2D eigenvalue weighted by Gasteiger charge is 2.22. The van der Waals surface area contributed by atoms with Gasteiger partial charge >= 0.3 is 6.61 Å². The van der Waals surface area contributed by atoms with Crippen LogP contribution in [0.4, 0.5) is 14.5 Å². The number of nitrogens with zero attached hydrogens (tertiary/aromatic N) is 2. The minimum Gasteiger partial charge on any atom is -0.493 e. The average Bonchev–Trinajstić information content (AvgIpc) is 2.72. The van der Waals surface area contributed by atoms with Crippen molar-refractivity contribution in [3.8, 4) is 11.5 Å². The molecule has 31 heavy (non-hydrogen) atoms. The van der Waals surface area contributed by atoms with Gasteiger partial charge in [-0.1, -0.05) is 12.1 Å². The molecule has 0 fully saturated rings. The molecule has 1 atom stereocenters. The molecule has 2 amide bonds. The number of carbonyl (C=O) groups is 2. The van der Waals surface area contributed by atoms with Crippen LogP contribution in [0.2, 0.25) is 0 Å². The molecule has 1 N–H and O–H groups in total. The van der Waals surface area contributed by atoms with Crippen molar-refractivity contribution in [3.05, 3.63) is 63.7 Å². The molecule has 0 saturated heterocycles. The fraction of sp³-hybridized carbons (Fsp3) is 0.300. The first-order valence-corrected chi connectivity index (χ1v) is 9.04. The summed E-state index contributed by atoms with van der Waals surface area (Å²) in [5, 5.41) is 13.3. The second-order valence-electron chi connectivity index (χ2n) is 6.56. The maximum atomic E-state index is 12.6. The molecule has 0 aliphatic heterocycles. The number of nitrogens with one attached hydrogen (secondary N) is 1. The Morgan fingerprint density at radius 2 is 1.90 bits per heavy atom. The van der Waals surface area contributed by atoms with Gasteiger partial charge in [0, 0.05) is 31.3 Å². The van der Waals surface area contributed by atoms with E-state index in [0.717, 1.165) is 6.07 Å². The van der Waals surface area contributed by atoms with Crippen molar-refractivity contribution in [1.29, 1.82) is 0 Å². The molecule has 0 spiro atoms. The number of alkyl halides is 2. The highest BCUT2D eigenvalue weighted by atomic mass is 19.3. The Balaban J connectivity index is 2.05. The summed E-state index contributed by atoms with van der Waals surface area (Å²) in [5.41, 5.74) is 0.301. The van der Waals surface area contributed by atoms with E-state index in [-0.39, 0.29) is 29.3 Å². The Labute approximate surface area is 176 Å². The van der Waals surface area contributed by atoms with E-state index < -0.39 is 29.4 Å². The summed E-state index contributed by atoms with van der Waals surface area (Å²) in [6.45, 7) is -1.51. The number of ether oxygens (including phenoxy) is 2. The predicted octanol–water partition coefficient (Wildman–Crippen LogP) is 2.98. The minimum atomic E-state index is -3.03. The number of nitro benzene ring substituents is 1. The van der Waals surface area contributed by atoms with Gasteiger partial charge in [-0.15, -0.1) is 0 Å². The van der Waals surface area contributed by atoms with Crippen LogP contribution in [0.1, 0.15) is 22.8 Å². The lowest BCUT2D eigenvalue weighted by molar-refractivity contribution is -0.384. The zero-order valence-corrected chi connectivity index (χ0v) is 17.0. The molecule has 2 aromatic rings. The molecule has 0 aromatic heterocycles. The summed E-state index contributed by atoms with van der Waals surface area (Å²) in [5.74, 6) is -1.14. The molecular formula is C20H21F2N3O6. The summed E-state index contributed by atoms with van der Waals surface area (Å²) < 4.78 is 34.6. The number of likely N-dealkylation sites (N-methyl/N-ethyl adjacent to an activating group) is 1. The van der Waals surface area contributed by atoms with Gasteiger partial charge in [-0.05, 0) is 30.7 Å². The molecule has 2 rings (SSSR count). The number of halogens is 2.